The zero-order valence-electron chi connectivity index (χ0n) is 31.7. The number of fused-ring (bicyclic) bond motifs is 6. The van der Waals surface area contributed by atoms with Crippen molar-refractivity contribution in [2.24, 2.45) is 0 Å². The highest BCUT2D eigenvalue weighted by Gasteiger charge is 2.20. The first-order chi connectivity index (χ1) is 24.9. The minimum absolute atomic E-state index is 0.0748. The van der Waals surface area contributed by atoms with Crippen molar-refractivity contribution in [3.8, 4) is 11.6 Å². The van der Waals surface area contributed by atoms with Crippen LogP contribution < -0.4 is 0 Å². The Kier molecular flexibility index (Phi) is 8.53. The lowest BCUT2D eigenvalue weighted by Crippen LogP contribution is -2.10. The minimum atomic E-state index is 0.0748. The Hall–Kier alpha value is -4.87. The molecule has 0 bridgehead atoms. The number of aryl methyl sites for hydroxylation is 2. The van der Waals surface area contributed by atoms with E-state index in [9.17, 15) is 0 Å². The van der Waals surface area contributed by atoms with Gasteiger partial charge in [0.2, 0.25) is 0 Å². The van der Waals surface area contributed by atoms with Crippen LogP contribution in [0.25, 0.3) is 55.2 Å². The number of aromatic nitrogens is 4. The molecule has 4 aromatic carbocycles. The Morgan fingerprint density at radius 2 is 1.00 bits per heavy atom. The van der Waals surface area contributed by atoms with Crippen molar-refractivity contribution < 1.29 is 0 Å². The van der Waals surface area contributed by atoms with Crippen LogP contribution in [0.5, 0.6) is 0 Å². The van der Waals surface area contributed by atoms with E-state index < -0.39 is 0 Å². The average Bonchev–Trinajstić information content (AvgIpc) is 3.62. The van der Waals surface area contributed by atoms with Crippen LogP contribution in [0.15, 0.2) is 119 Å². The molecule has 0 unspecified atom stereocenters. The van der Waals surface area contributed by atoms with Crippen LogP contribution >= 0.6 is 11.8 Å². The molecule has 0 saturated heterocycles. The fourth-order valence-electron chi connectivity index (χ4n) is 7.44. The summed E-state index contributed by atoms with van der Waals surface area (Å²) in [7, 11) is 0. The van der Waals surface area contributed by atoms with Crippen LogP contribution in [0.3, 0.4) is 0 Å². The van der Waals surface area contributed by atoms with Crippen molar-refractivity contribution in [2.45, 2.75) is 95.3 Å². The molecule has 8 rings (SSSR count). The number of unbranched alkanes of at least 4 members (excludes halogenated alkanes) is 1. The summed E-state index contributed by atoms with van der Waals surface area (Å²) in [5.74, 6) is 1.85. The second kappa shape index (κ2) is 13.0. The molecular weight excluding hydrogens is 653 g/mol. The third-order valence-electron chi connectivity index (χ3n) is 10.4. The van der Waals surface area contributed by atoms with Gasteiger partial charge in [0.05, 0.1) is 22.1 Å². The van der Waals surface area contributed by atoms with E-state index in [4.69, 9.17) is 9.97 Å². The van der Waals surface area contributed by atoms with Gasteiger partial charge in [-0.25, -0.2) is 9.97 Å². The SMILES string of the molecule is CCCCc1ccc2c(c1)c1cc(C(C)(C)C)ccc1n2-c1ccc(Sc2ccc(-n3c4ccc(C)cc4c4cc(C(C)(C)C)ccc43)nc2)cn1. The molecule has 0 fully saturated rings. The maximum Gasteiger partial charge on any atom is 0.137 e. The molecule has 4 nitrogen and oxygen atoms in total. The largest absolute Gasteiger partial charge is 0.294 e. The van der Waals surface area contributed by atoms with Crippen LogP contribution in [0.2, 0.25) is 0 Å². The summed E-state index contributed by atoms with van der Waals surface area (Å²) in [5.41, 5.74) is 10.2. The first-order valence-electron chi connectivity index (χ1n) is 18.6. The standard InChI is InChI=1S/C47H48N4S/c1-9-10-11-31-13-19-41-37(25-31)39-27-33(47(6,7)8)15-21-43(39)51(41)45-23-17-35(29-49-45)52-34-16-22-44(48-28-34)50-40-18-12-30(2)24-36(40)38-26-32(46(3,4)5)14-20-42(38)50/h12-29H,9-11H2,1-8H3. The van der Waals surface area contributed by atoms with Crippen LogP contribution in [0.1, 0.15) is 83.6 Å². The summed E-state index contributed by atoms with van der Waals surface area (Å²) < 4.78 is 4.62. The molecule has 0 aliphatic carbocycles. The number of hydrogen-bond acceptors (Lipinski definition) is 3. The number of rotatable bonds is 7. The maximum atomic E-state index is 5.04. The van der Waals surface area contributed by atoms with Gasteiger partial charge in [0.25, 0.3) is 0 Å². The quantitative estimate of drug-likeness (QED) is 0.166. The Bertz CT molecular complexity index is 2590. The van der Waals surface area contributed by atoms with Gasteiger partial charge in [-0.3, -0.25) is 9.13 Å². The van der Waals surface area contributed by atoms with Crippen molar-refractivity contribution in [1.82, 2.24) is 19.1 Å². The molecule has 4 aromatic heterocycles. The molecule has 262 valence electrons. The summed E-state index contributed by atoms with van der Waals surface area (Å²) in [6.45, 7) is 18.1. The molecule has 5 heteroatoms. The second-order valence-corrected chi connectivity index (χ2v) is 17.6. The zero-order valence-corrected chi connectivity index (χ0v) is 32.5. The van der Waals surface area contributed by atoms with E-state index in [1.54, 1.807) is 11.8 Å². The molecule has 0 spiro atoms. The van der Waals surface area contributed by atoms with Gasteiger partial charge in [0.1, 0.15) is 11.6 Å². The van der Waals surface area contributed by atoms with Crippen molar-refractivity contribution in [2.75, 3.05) is 0 Å². The monoisotopic (exact) mass is 700 g/mol. The minimum Gasteiger partial charge on any atom is -0.294 e. The van der Waals surface area contributed by atoms with E-state index in [0.29, 0.717) is 0 Å². The van der Waals surface area contributed by atoms with Gasteiger partial charge in [0, 0.05) is 43.7 Å². The Labute approximate surface area is 311 Å². The number of benzene rings is 4. The highest BCUT2D eigenvalue weighted by molar-refractivity contribution is 7.99. The van der Waals surface area contributed by atoms with E-state index in [1.807, 2.05) is 12.4 Å². The van der Waals surface area contributed by atoms with Crippen molar-refractivity contribution in [3.05, 3.63) is 132 Å². The molecule has 4 heterocycles. The van der Waals surface area contributed by atoms with Crippen molar-refractivity contribution in [3.63, 3.8) is 0 Å². The molecule has 0 amide bonds. The van der Waals surface area contributed by atoms with Gasteiger partial charge >= 0.3 is 0 Å². The molecule has 52 heavy (non-hydrogen) atoms. The number of pyridine rings is 2. The zero-order chi connectivity index (χ0) is 36.4. The highest BCUT2D eigenvalue weighted by atomic mass is 32.2. The lowest BCUT2D eigenvalue weighted by atomic mass is 9.86. The normalized spacial score (nSPS) is 12.5. The van der Waals surface area contributed by atoms with Crippen LogP contribution in [-0.4, -0.2) is 19.1 Å². The summed E-state index contributed by atoms with van der Waals surface area (Å²) in [6.07, 6.45) is 7.48. The molecular formula is C47H48N4S. The fraction of sp³-hybridized carbons (Fsp3) is 0.277. The topological polar surface area (TPSA) is 35.6 Å². The fourth-order valence-corrected chi connectivity index (χ4v) is 8.19. The summed E-state index contributed by atoms with van der Waals surface area (Å²) in [4.78, 5) is 12.2. The van der Waals surface area contributed by atoms with Gasteiger partial charge in [-0.05, 0) is 120 Å². The van der Waals surface area contributed by atoms with Crippen LogP contribution in [0.4, 0.5) is 0 Å². The number of nitrogens with zero attached hydrogens (tertiary/aromatic N) is 4. The molecule has 0 N–H and O–H groups in total. The lowest BCUT2D eigenvalue weighted by molar-refractivity contribution is 0.591. The maximum absolute atomic E-state index is 5.04. The van der Waals surface area contributed by atoms with E-state index >= 15 is 0 Å². The van der Waals surface area contributed by atoms with Gasteiger partial charge in [-0.15, -0.1) is 0 Å². The van der Waals surface area contributed by atoms with E-state index in [-0.39, 0.29) is 10.8 Å². The Morgan fingerprint density at radius 1 is 0.538 bits per heavy atom. The first kappa shape index (κ1) is 34.2. The predicted octanol–water partition coefficient (Wildman–Crippen LogP) is 13.1. The second-order valence-electron chi connectivity index (χ2n) is 16.4. The van der Waals surface area contributed by atoms with Crippen LogP contribution in [-0.2, 0) is 17.3 Å². The molecule has 0 atom stereocenters. The molecule has 8 aromatic rings. The molecule has 0 saturated carbocycles. The van der Waals surface area contributed by atoms with Gasteiger partial charge < -0.3 is 0 Å². The van der Waals surface area contributed by atoms with Gasteiger partial charge in [0.15, 0.2) is 0 Å². The predicted molar refractivity (Wildman–Crippen MR) is 222 cm³/mol. The molecule has 0 radical (unpaired) electrons. The molecule has 0 aliphatic heterocycles. The first-order valence-corrected chi connectivity index (χ1v) is 19.4. The van der Waals surface area contributed by atoms with Crippen LogP contribution in [0, 0.1) is 6.92 Å². The smallest absolute Gasteiger partial charge is 0.137 e. The van der Waals surface area contributed by atoms with Crippen molar-refractivity contribution >= 4 is 55.4 Å². The number of hydrogen-bond donors (Lipinski definition) is 0. The highest BCUT2D eigenvalue weighted by Crippen LogP contribution is 2.38. The van der Waals surface area contributed by atoms with Gasteiger partial charge in [-0.1, -0.05) is 96.5 Å². The third kappa shape index (κ3) is 6.19. The Morgan fingerprint density at radius 3 is 1.46 bits per heavy atom. The summed E-state index contributed by atoms with van der Waals surface area (Å²) in [5, 5.41) is 5.13. The molecule has 0 aliphatic rings. The third-order valence-corrected chi connectivity index (χ3v) is 11.4. The van der Waals surface area contributed by atoms with Gasteiger partial charge in [-0.2, -0.15) is 0 Å². The average molecular weight is 701 g/mol. The van der Waals surface area contributed by atoms with Crippen molar-refractivity contribution in [1.29, 1.82) is 0 Å². The lowest BCUT2D eigenvalue weighted by Gasteiger charge is -2.19. The summed E-state index contributed by atoms with van der Waals surface area (Å²) >= 11 is 1.69. The van der Waals surface area contributed by atoms with E-state index in [0.717, 1.165) is 27.8 Å². The van der Waals surface area contributed by atoms with E-state index in [2.05, 4.69) is 162 Å². The van der Waals surface area contributed by atoms with E-state index in [1.165, 1.54) is 78.7 Å². The summed E-state index contributed by atoms with van der Waals surface area (Å²) in [6, 6.07) is 36.2. The Balaban J connectivity index is 1.11.